The van der Waals surface area contributed by atoms with Crippen molar-refractivity contribution in [3.05, 3.63) is 52.3 Å². The van der Waals surface area contributed by atoms with Crippen LogP contribution in [0.1, 0.15) is 47.9 Å². The van der Waals surface area contributed by atoms with E-state index in [-0.39, 0.29) is 11.9 Å². The highest BCUT2D eigenvalue weighted by atomic mass is 35.5. The van der Waals surface area contributed by atoms with Crippen LogP contribution in [-0.4, -0.2) is 33.8 Å². The van der Waals surface area contributed by atoms with Crippen LogP contribution in [0.3, 0.4) is 0 Å². The van der Waals surface area contributed by atoms with E-state index in [9.17, 15) is 4.79 Å². The summed E-state index contributed by atoms with van der Waals surface area (Å²) in [7, 11) is 0. The minimum Gasteiger partial charge on any atom is -0.493 e. The van der Waals surface area contributed by atoms with Crippen LogP contribution in [0.2, 0.25) is 5.02 Å². The molecule has 1 amide bonds. The SMILES string of the molecule is Cc1cc(Cl)ccc1OCCCNC(=O)c1cc2cnn(C(C)C)c2nc1C. The van der Waals surface area contributed by atoms with Gasteiger partial charge in [-0.1, -0.05) is 11.6 Å². The molecule has 148 valence electrons. The Bertz CT molecular complexity index is 997. The number of carbonyl (C=O) groups excluding carboxylic acids is 1. The van der Waals surface area contributed by atoms with E-state index in [1.165, 1.54) is 0 Å². The normalized spacial score (nSPS) is 11.2. The standard InChI is InChI=1S/C21H25ClN4O2/c1-13(2)26-20-16(12-24-26)11-18(15(4)25-20)21(27)23-8-5-9-28-19-7-6-17(22)10-14(19)3/h6-7,10-13H,5,8-9H2,1-4H3,(H,23,27). The van der Waals surface area contributed by atoms with Crippen LogP contribution in [0.15, 0.2) is 30.5 Å². The number of halogens is 1. The lowest BCUT2D eigenvalue weighted by molar-refractivity contribution is 0.0950. The molecule has 0 radical (unpaired) electrons. The first-order valence-electron chi connectivity index (χ1n) is 9.39. The zero-order chi connectivity index (χ0) is 20.3. The number of hydrogen-bond acceptors (Lipinski definition) is 4. The van der Waals surface area contributed by atoms with Crippen molar-refractivity contribution < 1.29 is 9.53 Å². The maximum atomic E-state index is 12.5. The van der Waals surface area contributed by atoms with Crippen molar-refractivity contribution >= 4 is 28.5 Å². The highest BCUT2D eigenvalue weighted by Gasteiger charge is 2.15. The Labute approximate surface area is 169 Å². The molecule has 0 unspecified atom stereocenters. The average Bonchev–Trinajstić information content (AvgIpc) is 3.05. The van der Waals surface area contributed by atoms with Crippen molar-refractivity contribution in [1.29, 1.82) is 0 Å². The summed E-state index contributed by atoms with van der Waals surface area (Å²) < 4.78 is 7.61. The molecule has 6 nitrogen and oxygen atoms in total. The number of aromatic nitrogens is 3. The van der Waals surface area contributed by atoms with Gasteiger partial charge in [0.1, 0.15) is 5.75 Å². The summed E-state index contributed by atoms with van der Waals surface area (Å²) in [6, 6.07) is 7.60. The summed E-state index contributed by atoms with van der Waals surface area (Å²) in [5, 5.41) is 8.86. The first kappa shape index (κ1) is 20.1. The quantitative estimate of drug-likeness (QED) is 0.593. The minimum atomic E-state index is -0.133. The van der Waals surface area contributed by atoms with Crippen molar-refractivity contribution in [2.75, 3.05) is 13.2 Å². The third-order valence-electron chi connectivity index (χ3n) is 4.49. The summed E-state index contributed by atoms with van der Waals surface area (Å²) in [5.41, 5.74) is 3.06. The molecule has 2 heterocycles. The Kier molecular flexibility index (Phi) is 6.19. The molecule has 0 aliphatic heterocycles. The zero-order valence-electron chi connectivity index (χ0n) is 16.6. The third-order valence-corrected chi connectivity index (χ3v) is 4.73. The molecule has 0 saturated carbocycles. The topological polar surface area (TPSA) is 69.0 Å². The molecule has 3 rings (SSSR count). The molecule has 0 aliphatic carbocycles. The van der Waals surface area contributed by atoms with Gasteiger partial charge in [-0.3, -0.25) is 4.79 Å². The molecule has 7 heteroatoms. The van der Waals surface area contributed by atoms with E-state index in [0.29, 0.717) is 35.9 Å². The molecular weight excluding hydrogens is 376 g/mol. The Morgan fingerprint density at radius 1 is 1.29 bits per heavy atom. The third kappa shape index (κ3) is 4.44. The van der Waals surface area contributed by atoms with E-state index in [0.717, 1.165) is 22.3 Å². The van der Waals surface area contributed by atoms with Crippen molar-refractivity contribution in [3.63, 3.8) is 0 Å². The summed E-state index contributed by atoms with van der Waals surface area (Å²) >= 11 is 5.95. The lowest BCUT2D eigenvalue weighted by Gasteiger charge is -2.11. The molecule has 0 bridgehead atoms. The van der Waals surface area contributed by atoms with Crippen LogP contribution >= 0.6 is 11.6 Å². The second-order valence-corrected chi connectivity index (χ2v) is 7.52. The van der Waals surface area contributed by atoms with Crippen molar-refractivity contribution in [3.8, 4) is 5.75 Å². The molecule has 1 aromatic carbocycles. The summed E-state index contributed by atoms with van der Waals surface area (Å²) in [6.45, 7) is 8.94. The lowest BCUT2D eigenvalue weighted by Crippen LogP contribution is -2.26. The molecule has 28 heavy (non-hydrogen) atoms. The van der Waals surface area contributed by atoms with Gasteiger partial charge < -0.3 is 10.1 Å². The van der Waals surface area contributed by atoms with Gasteiger partial charge >= 0.3 is 0 Å². The first-order chi connectivity index (χ1) is 13.4. The minimum absolute atomic E-state index is 0.133. The van der Waals surface area contributed by atoms with Crippen LogP contribution in [0.25, 0.3) is 11.0 Å². The number of ether oxygens (including phenoxy) is 1. The largest absolute Gasteiger partial charge is 0.493 e. The van der Waals surface area contributed by atoms with Crippen LogP contribution in [-0.2, 0) is 0 Å². The lowest BCUT2D eigenvalue weighted by atomic mass is 10.1. The highest BCUT2D eigenvalue weighted by Crippen LogP contribution is 2.22. The van der Waals surface area contributed by atoms with Crippen LogP contribution in [0.5, 0.6) is 5.75 Å². The summed E-state index contributed by atoms with van der Waals surface area (Å²) in [4.78, 5) is 17.1. The van der Waals surface area contributed by atoms with Crippen molar-refractivity contribution in [1.82, 2.24) is 20.1 Å². The average molecular weight is 401 g/mol. The predicted octanol–water partition coefficient (Wildman–Crippen LogP) is 4.48. The van der Waals surface area contributed by atoms with Gasteiger partial charge in [-0.25, -0.2) is 9.67 Å². The van der Waals surface area contributed by atoms with E-state index < -0.39 is 0 Å². The number of carbonyl (C=O) groups is 1. The number of hydrogen-bond donors (Lipinski definition) is 1. The zero-order valence-corrected chi connectivity index (χ0v) is 17.4. The molecule has 0 spiro atoms. The Hall–Kier alpha value is -2.60. The maximum Gasteiger partial charge on any atom is 0.253 e. The van der Waals surface area contributed by atoms with E-state index in [2.05, 4.69) is 29.2 Å². The van der Waals surface area contributed by atoms with Crippen LogP contribution in [0.4, 0.5) is 0 Å². The Morgan fingerprint density at radius 2 is 2.07 bits per heavy atom. The molecular formula is C21H25ClN4O2. The molecule has 0 aliphatic rings. The fraction of sp³-hybridized carbons (Fsp3) is 0.381. The summed E-state index contributed by atoms with van der Waals surface area (Å²) in [6.07, 6.45) is 2.45. The number of amides is 1. The number of rotatable bonds is 7. The Morgan fingerprint density at radius 3 is 2.79 bits per heavy atom. The number of fused-ring (bicyclic) bond motifs is 1. The van der Waals surface area contributed by atoms with E-state index in [4.69, 9.17) is 16.3 Å². The monoisotopic (exact) mass is 400 g/mol. The fourth-order valence-electron chi connectivity index (χ4n) is 3.00. The smallest absolute Gasteiger partial charge is 0.253 e. The van der Waals surface area contributed by atoms with Gasteiger partial charge in [0.05, 0.1) is 24.1 Å². The molecule has 0 saturated heterocycles. The van der Waals surface area contributed by atoms with Crippen LogP contribution in [0, 0.1) is 13.8 Å². The number of benzene rings is 1. The summed E-state index contributed by atoms with van der Waals surface area (Å²) in [5.74, 6) is 0.676. The molecule has 1 N–H and O–H groups in total. The second-order valence-electron chi connectivity index (χ2n) is 7.08. The highest BCUT2D eigenvalue weighted by molar-refractivity contribution is 6.30. The Balaban J connectivity index is 1.55. The van der Waals surface area contributed by atoms with Gasteiger partial charge in [0.2, 0.25) is 0 Å². The van der Waals surface area contributed by atoms with Gasteiger partial charge in [-0.15, -0.1) is 0 Å². The number of pyridine rings is 1. The van der Waals surface area contributed by atoms with Gasteiger partial charge in [0, 0.05) is 23.0 Å². The number of nitrogens with zero attached hydrogens (tertiary/aromatic N) is 3. The van der Waals surface area contributed by atoms with Gasteiger partial charge in [-0.2, -0.15) is 5.10 Å². The predicted molar refractivity (Wildman–Crippen MR) is 111 cm³/mol. The molecule has 2 aromatic heterocycles. The molecule has 0 fully saturated rings. The van der Waals surface area contributed by atoms with Gasteiger partial charge in [-0.05, 0) is 63.9 Å². The first-order valence-corrected chi connectivity index (χ1v) is 9.76. The molecule has 3 aromatic rings. The fourth-order valence-corrected chi connectivity index (χ4v) is 3.23. The van der Waals surface area contributed by atoms with Crippen molar-refractivity contribution in [2.24, 2.45) is 0 Å². The number of aryl methyl sites for hydroxylation is 2. The van der Waals surface area contributed by atoms with E-state index >= 15 is 0 Å². The van der Waals surface area contributed by atoms with Gasteiger partial charge in [0.15, 0.2) is 5.65 Å². The van der Waals surface area contributed by atoms with E-state index in [1.54, 1.807) is 12.3 Å². The second kappa shape index (κ2) is 8.61. The molecule has 0 atom stereocenters. The van der Waals surface area contributed by atoms with Crippen molar-refractivity contribution in [2.45, 2.75) is 40.2 Å². The maximum absolute atomic E-state index is 12.5. The van der Waals surface area contributed by atoms with Gasteiger partial charge in [0.25, 0.3) is 5.91 Å². The van der Waals surface area contributed by atoms with E-state index in [1.807, 2.05) is 36.7 Å². The number of nitrogens with one attached hydrogen (secondary N) is 1. The van der Waals surface area contributed by atoms with Crippen LogP contribution < -0.4 is 10.1 Å².